The number of ether oxygens (including phenoxy) is 3. The molecule has 7 heteroatoms. The molecule has 0 saturated heterocycles. The van der Waals surface area contributed by atoms with Crippen molar-refractivity contribution < 1.29 is 19.0 Å². The molecule has 33 heavy (non-hydrogen) atoms. The van der Waals surface area contributed by atoms with Crippen molar-refractivity contribution in [3.05, 3.63) is 47.8 Å². The lowest BCUT2D eigenvalue weighted by Crippen LogP contribution is -2.25. The Bertz CT molecular complexity index is 1040. The molecular formula is C26H35N3O4. The number of imidazole rings is 1. The summed E-state index contributed by atoms with van der Waals surface area (Å²) in [6, 6.07) is 11.4. The first-order valence-corrected chi connectivity index (χ1v) is 11.6. The Morgan fingerprint density at radius 2 is 1.61 bits per heavy atom. The third-order valence-corrected chi connectivity index (χ3v) is 5.80. The Morgan fingerprint density at radius 1 is 0.939 bits per heavy atom. The maximum Gasteiger partial charge on any atom is 0.251 e. The van der Waals surface area contributed by atoms with Crippen LogP contribution in [0.5, 0.6) is 17.2 Å². The fourth-order valence-corrected chi connectivity index (χ4v) is 4.03. The topological polar surface area (TPSA) is 74.6 Å². The minimum Gasteiger partial charge on any atom is -0.493 e. The SMILES string of the molecule is CCCCCCCCn1c(CNC(=O)c2cc(OC)c(OC)c(OC)c2)nc2ccccc21. The Kier molecular flexibility index (Phi) is 8.98. The molecule has 3 rings (SSSR count). The number of nitrogens with one attached hydrogen (secondary N) is 1. The van der Waals surface area contributed by atoms with E-state index in [9.17, 15) is 4.79 Å². The van der Waals surface area contributed by atoms with Crippen molar-refractivity contribution in [2.45, 2.75) is 58.5 Å². The van der Waals surface area contributed by atoms with Gasteiger partial charge in [0.2, 0.25) is 5.75 Å². The summed E-state index contributed by atoms with van der Waals surface area (Å²) in [7, 11) is 4.60. The summed E-state index contributed by atoms with van der Waals surface area (Å²) in [4.78, 5) is 17.7. The first-order chi connectivity index (χ1) is 16.1. The van der Waals surface area contributed by atoms with Crippen molar-refractivity contribution in [3.8, 4) is 17.2 Å². The van der Waals surface area contributed by atoms with E-state index >= 15 is 0 Å². The number of fused-ring (bicyclic) bond motifs is 1. The van der Waals surface area contributed by atoms with Gasteiger partial charge in [-0.05, 0) is 30.7 Å². The normalized spacial score (nSPS) is 10.9. The summed E-state index contributed by atoms with van der Waals surface area (Å²) in [6.45, 7) is 3.46. The van der Waals surface area contributed by atoms with Gasteiger partial charge in [0.05, 0.1) is 38.9 Å². The summed E-state index contributed by atoms with van der Waals surface area (Å²) in [5.41, 5.74) is 2.48. The molecule has 1 amide bonds. The number of hydrogen-bond donors (Lipinski definition) is 1. The van der Waals surface area contributed by atoms with Crippen molar-refractivity contribution in [2.75, 3.05) is 21.3 Å². The minimum absolute atomic E-state index is 0.229. The van der Waals surface area contributed by atoms with E-state index in [1.54, 1.807) is 12.1 Å². The quantitative estimate of drug-likeness (QED) is 0.353. The molecule has 0 aliphatic rings. The van der Waals surface area contributed by atoms with Gasteiger partial charge in [-0.15, -0.1) is 0 Å². The van der Waals surface area contributed by atoms with Crippen molar-refractivity contribution in [1.29, 1.82) is 0 Å². The molecule has 0 fully saturated rings. The molecule has 0 unspecified atom stereocenters. The number of aromatic nitrogens is 2. The van der Waals surface area contributed by atoms with E-state index in [0.717, 1.165) is 29.8 Å². The maximum absolute atomic E-state index is 12.9. The van der Waals surface area contributed by atoms with Gasteiger partial charge in [0.15, 0.2) is 11.5 Å². The van der Waals surface area contributed by atoms with E-state index in [-0.39, 0.29) is 5.91 Å². The molecule has 0 aliphatic heterocycles. The van der Waals surface area contributed by atoms with Crippen LogP contribution in [0.2, 0.25) is 0 Å². The highest BCUT2D eigenvalue weighted by atomic mass is 16.5. The molecule has 0 aliphatic carbocycles. The van der Waals surface area contributed by atoms with E-state index in [4.69, 9.17) is 19.2 Å². The molecule has 0 radical (unpaired) electrons. The predicted octanol–water partition coefficient (Wildman–Crippen LogP) is 5.35. The standard InChI is InChI=1S/C26H35N3O4/c1-5-6-7-8-9-12-15-29-21-14-11-10-13-20(21)28-24(29)18-27-26(30)19-16-22(31-2)25(33-4)23(17-19)32-3/h10-11,13-14,16-17H,5-9,12,15,18H2,1-4H3,(H,27,30). The van der Waals surface area contributed by atoms with E-state index < -0.39 is 0 Å². The molecule has 2 aromatic carbocycles. The number of carbonyl (C=O) groups is 1. The van der Waals surface area contributed by atoms with Crippen LogP contribution >= 0.6 is 0 Å². The Morgan fingerprint density at radius 3 is 2.27 bits per heavy atom. The van der Waals surface area contributed by atoms with Gasteiger partial charge >= 0.3 is 0 Å². The fourth-order valence-electron chi connectivity index (χ4n) is 4.03. The summed E-state index contributed by atoms with van der Waals surface area (Å²) < 4.78 is 18.3. The predicted molar refractivity (Wildman–Crippen MR) is 130 cm³/mol. The molecule has 1 N–H and O–H groups in total. The molecule has 0 spiro atoms. The number of hydrogen-bond acceptors (Lipinski definition) is 5. The number of para-hydroxylation sites is 2. The van der Waals surface area contributed by atoms with Crippen LogP contribution in [0.1, 0.15) is 61.6 Å². The number of methoxy groups -OCH3 is 3. The van der Waals surface area contributed by atoms with Crippen LogP contribution in [0.3, 0.4) is 0 Å². The smallest absolute Gasteiger partial charge is 0.251 e. The van der Waals surface area contributed by atoms with Crippen LogP contribution in [0.4, 0.5) is 0 Å². The van der Waals surface area contributed by atoms with Gasteiger partial charge in [-0.25, -0.2) is 4.98 Å². The van der Waals surface area contributed by atoms with Crippen LogP contribution in [0.15, 0.2) is 36.4 Å². The summed E-state index contributed by atoms with van der Waals surface area (Å²) >= 11 is 0. The number of unbranched alkanes of at least 4 members (excludes halogenated alkanes) is 5. The van der Waals surface area contributed by atoms with Crippen LogP contribution in [-0.2, 0) is 13.1 Å². The first-order valence-electron chi connectivity index (χ1n) is 11.6. The molecule has 7 nitrogen and oxygen atoms in total. The third kappa shape index (κ3) is 5.97. The second-order valence-electron chi connectivity index (χ2n) is 8.03. The Balaban J connectivity index is 1.73. The third-order valence-electron chi connectivity index (χ3n) is 5.80. The minimum atomic E-state index is -0.229. The zero-order valence-corrected chi connectivity index (χ0v) is 20.1. The lowest BCUT2D eigenvalue weighted by molar-refractivity contribution is 0.0948. The van der Waals surface area contributed by atoms with E-state index in [0.29, 0.717) is 29.4 Å². The Hall–Kier alpha value is -3.22. The number of amides is 1. The fraction of sp³-hybridized carbons (Fsp3) is 0.462. The molecular weight excluding hydrogens is 418 g/mol. The molecule has 3 aromatic rings. The molecule has 178 valence electrons. The highest BCUT2D eigenvalue weighted by Crippen LogP contribution is 2.38. The Labute approximate surface area is 196 Å². The molecule has 0 saturated carbocycles. The van der Waals surface area contributed by atoms with Crippen molar-refractivity contribution >= 4 is 16.9 Å². The largest absolute Gasteiger partial charge is 0.493 e. The average molecular weight is 454 g/mol. The summed E-state index contributed by atoms with van der Waals surface area (Å²) in [5, 5.41) is 3.00. The lowest BCUT2D eigenvalue weighted by atomic mass is 10.1. The highest BCUT2D eigenvalue weighted by molar-refractivity contribution is 5.95. The number of rotatable bonds is 13. The van der Waals surface area contributed by atoms with Crippen molar-refractivity contribution in [2.24, 2.45) is 0 Å². The second-order valence-corrected chi connectivity index (χ2v) is 8.03. The van der Waals surface area contributed by atoms with Gasteiger partial charge in [0.1, 0.15) is 5.82 Å². The van der Waals surface area contributed by atoms with Crippen LogP contribution in [0.25, 0.3) is 11.0 Å². The zero-order valence-electron chi connectivity index (χ0n) is 20.1. The first kappa shape index (κ1) is 24.4. The van der Waals surface area contributed by atoms with Gasteiger partial charge in [0, 0.05) is 12.1 Å². The lowest BCUT2D eigenvalue weighted by Gasteiger charge is -2.14. The van der Waals surface area contributed by atoms with Gasteiger partial charge in [-0.1, -0.05) is 51.2 Å². The van der Waals surface area contributed by atoms with E-state index in [1.165, 1.54) is 53.4 Å². The van der Waals surface area contributed by atoms with E-state index in [2.05, 4.69) is 22.9 Å². The van der Waals surface area contributed by atoms with Crippen molar-refractivity contribution in [1.82, 2.24) is 14.9 Å². The maximum atomic E-state index is 12.9. The molecule has 0 atom stereocenters. The van der Waals surface area contributed by atoms with Crippen LogP contribution < -0.4 is 19.5 Å². The number of nitrogens with zero attached hydrogens (tertiary/aromatic N) is 2. The molecule has 1 aromatic heterocycles. The van der Waals surface area contributed by atoms with Gasteiger partial charge < -0.3 is 24.1 Å². The second kappa shape index (κ2) is 12.1. The monoisotopic (exact) mass is 453 g/mol. The number of aryl methyl sites for hydroxylation is 1. The van der Waals surface area contributed by atoms with E-state index in [1.807, 2.05) is 18.2 Å². The summed E-state index contributed by atoms with van der Waals surface area (Å²) in [6.07, 6.45) is 7.39. The van der Waals surface area contributed by atoms with Gasteiger partial charge in [-0.2, -0.15) is 0 Å². The van der Waals surface area contributed by atoms with Crippen LogP contribution in [-0.4, -0.2) is 36.8 Å². The van der Waals surface area contributed by atoms with Crippen molar-refractivity contribution in [3.63, 3.8) is 0 Å². The van der Waals surface area contributed by atoms with Gasteiger partial charge in [-0.3, -0.25) is 4.79 Å². The average Bonchev–Trinajstić information content (AvgIpc) is 3.20. The van der Waals surface area contributed by atoms with Gasteiger partial charge in [0.25, 0.3) is 5.91 Å². The molecule has 0 bridgehead atoms. The number of benzene rings is 2. The highest BCUT2D eigenvalue weighted by Gasteiger charge is 2.18. The summed E-state index contributed by atoms with van der Waals surface area (Å²) in [5.74, 6) is 1.96. The number of carbonyl (C=O) groups excluding carboxylic acids is 1. The zero-order chi connectivity index (χ0) is 23.6. The van der Waals surface area contributed by atoms with Crippen LogP contribution in [0, 0.1) is 0 Å². The molecule has 1 heterocycles.